The van der Waals surface area contributed by atoms with Crippen molar-refractivity contribution in [2.24, 2.45) is 5.92 Å². The number of carbonyl (C=O) groups excluding carboxylic acids is 1. The van der Waals surface area contributed by atoms with Crippen molar-refractivity contribution in [2.75, 3.05) is 6.26 Å². The minimum absolute atomic E-state index is 0.0290. The van der Waals surface area contributed by atoms with Crippen LogP contribution in [-0.2, 0) is 21.5 Å². The van der Waals surface area contributed by atoms with Crippen LogP contribution in [0.1, 0.15) is 46.1 Å². The van der Waals surface area contributed by atoms with E-state index < -0.39 is 10.1 Å². The molecule has 0 saturated carbocycles. The Labute approximate surface area is 150 Å². The second-order valence-corrected chi connectivity index (χ2v) is 8.43. The predicted molar refractivity (Wildman–Crippen MR) is 96.7 cm³/mol. The van der Waals surface area contributed by atoms with Crippen LogP contribution in [0.15, 0.2) is 18.2 Å². The molecule has 1 atom stereocenters. The van der Waals surface area contributed by atoms with Crippen LogP contribution >= 0.6 is 11.6 Å². The Balaban J connectivity index is 3.17. The highest BCUT2D eigenvalue weighted by Crippen LogP contribution is 2.27. The molecule has 0 N–H and O–H groups in total. The van der Waals surface area contributed by atoms with Crippen molar-refractivity contribution in [1.82, 2.24) is 4.90 Å². The minimum Gasteiger partial charge on any atom is -0.382 e. The highest BCUT2D eigenvalue weighted by atomic mass is 35.5. The van der Waals surface area contributed by atoms with Crippen molar-refractivity contribution in [3.05, 3.63) is 28.8 Å². The summed E-state index contributed by atoms with van der Waals surface area (Å²) >= 11 is 6.04. The fourth-order valence-corrected chi connectivity index (χ4v) is 2.96. The minimum atomic E-state index is -3.66. The zero-order valence-corrected chi connectivity index (χ0v) is 16.4. The number of hydrogen-bond donors (Lipinski definition) is 0. The molecule has 0 fully saturated rings. The van der Waals surface area contributed by atoms with Crippen molar-refractivity contribution in [3.63, 3.8) is 0 Å². The topological polar surface area (TPSA) is 63.7 Å². The lowest BCUT2D eigenvalue weighted by molar-refractivity contribution is -0.134. The van der Waals surface area contributed by atoms with Crippen molar-refractivity contribution >= 4 is 27.6 Å². The maximum Gasteiger partial charge on any atom is 0.306 e. The predicted octanol–water partition coefficient (Wildman–Crippen LogP) is 3.85. The number of halogens is 1. The standard InChI is InChI=1S/C17H26ClNO4S/c1-6-13(4)19(17(20)9-12(2)3)11-14-10-15(18)7-8-16(14)23-24(5,21)22/h7-8,10,12-13H,6,9,11H2,1-5H3/t13-/m1/s1. The van der Waals surface area contributed by atoms with E-state index in [1.807, 2.05) is 27.7 Å². The molecule has 0 aromatic heterocycles. The van der Waals surface area contributed by atoms with E-state index in [0.29, 0.717) is 17.0 Å². The molecule has 7 heteroatoms. The van der Waals surface area contributed by atoms with Crippen LogP contribution in [0.4, 0.5) is 0 Å². The van der Waals surface area contributed by atoms with E-state index >= 15 is 0 Å². The zero-order valence-electron chi connectivity index (χ0n) is 14.9. The summed E-state index contributed by atoms with van der Waals surface area (Å²) in [5.41, 5.74) is 0.574. The molecule has 1 aromatic rings. The lowest BCUT2D eigenvalue weighted by atomic mass is 10.1. The van der Waals surface area contributed by atoms with E-state index in [-0.39, 0.29) is 30.2 Å². The molecule has 0 saturated heterocycles. The third-order valence-electron chi connectivity index (χ3n) is 3.63. The third-order valence-corrected chi connectivity index (χ3v) is 4.35. The maximum atomic E-state index is 12.6. The Morgan fingerprint density at radius 1 is 1.29 bits per heavy atom. The summed E-state index contributed by atoms with van der Waals surface area (Å²) in [6.45, 7) is 8.21. The van der Waals surface area contributed by atoms with Crippen LogP contribution in [0.5, 0.6) is 5.75 Å². The van der Waals surface area contributed by atoms with Crippen molar-refractivity contribution in [2.45, 2.75) is 53.1 Å². The van der Waals surface area contributed by atoms with Gasteiger partial charge in [-0.05, 0) is 37.5 Å². The van der Waals surface area contributed by atoms with Crippen LogP contribution in [0.25, 0.3) is 0 Å². The largest absolute Gasteiger partial charge is 0.382 e. The molecule has 136 valence electrons. The quantitative estimate of drug-likeness (QED) is 0.647. The number of rotatable bonds is 8. The number of carbonyl (C=O) groups is 1. The Morgan fingerprint density at radius 2 is 1.92 bits per heavy atom. The van der Waals surface area contributed by atoms with Gasteiger partial charge >= 0.3 is 10.1 Å². The van der Waals surface area contributed by atoms with E-state index in [1.165, 1.54) is 6.07 Å². The smallest absolute Gasteiger partial charge is 0.306 e. The molecule has 0 aliphatic rings. The molecule has 1 amide bonds. The Kier molecular flexibility index (Phi) is 7.55. The van der Waals surface area contributed by atoms with Gasteiger partial charge in [-0.3, -0.25) is 4.79 Å². The van der Waals surface area contributed by atoms with Crippen molar-refractivity contribution < 1.29 is 17.4 Å². The van der Waals surface area contributed by atoms with Gasteiger partial charge in [0, 0.05) is 29.6 Å². The molecule has 0 bridgehead atoms. The summed E-state index contributed by atoms with van der Waals surface area (Å²) < 4.78 is 28.0. The molecule has 1 rings (SSSR count). The van der Waals surface area contributed by atoms with Gasteiger partial charge in [0.05, 0.1) is 6.26 Å². The molecular weight excluding hydrogens is 350 g/mol. The summed E-state index contributed by atoms with van der Waals surface area (Å²) in [5, 5.41) is 0.464. The summed E-state index contributed by atoms with van der Waals surface area (Å²) in [5.74, 6) is 0.479. The fraction of sp³-hybridized carbons (Fsp3) is 0.588. The lowest BCUT2D eigenvalue weighted by Gasteiger charge is -2.30. The SMILES string of the molecule is CC[C@@H](C)N(Cc1cc(Cl)ccc1OS(C)(=O)=O)C(=O)CC(C)C. The number of nitrogens with zero attached hydrogens (tertiary/aromatic N) is 1. The normalized spacial score (nSPS) is 13.0. The number of hydrogen-bond acceptors (Lipinski definition) is 4. The van der Waals surface area contributed by atoms with Gasteiger partial charge in [-0.15, -0.1) is 0 Å². The molecule has 0 radical (unpaired) electrons. The van der Waals surface area contributed by atoms with Crippen LogP contribution in [0.3, 0.4) is 0 Å². The molecule has 24 heavy (non-hydrogen) atoms. The number of benzene rings is 1. The molecule has 1 aromatic carbocycles. The molecule has 0 unspecified atom stereocenters. The maximum absolute atomic E-state index is 12.6. The Bertz CT molecular complexity index is 673. The van der Waals surface area contributed by atoms with E-state index in [9.17, 15) is 13.2 Å². The third kappa shape index (κ3) is 6.69. The van der Waals surface area contributed by atoms with Gasteiger partial charge in [-0.25, -0.2) is 0 Å². The molecule has 0 aliphatic carbocycles. The number of amides is 1. The van der Waals surface area contributed by atoms with E-state index in [1.54, 1.807) is 17.0 Å². The van der Waals surface area contributed by atoms with Crippen LogP contribution in [0.2, 0.25) is 5.02 Å². The van der Waals surface area contributed by atoms with Crippen molar-refractivity contribution in [3.8, 4) is 5.75 Å². The van der Waals surface area contributed by atoms with E-state index in [4.69, 9.17) is 15.8 Å². The molecule has 0 aliphatic heterocycles. The highest BCUT2D eigenvalue weighted by Gasteiger charge is 2.22. The van der Waals surface area contributed by atoms with Gasteiger partial charge in [0.2, 0.25) is 5.91 Å². The summed E-state index contributed by atoms with van der Waals surface area (Å²) in [6.07, 6.45) is 2.22. The molecular formula is C17H26ClNO4S. The average Bonchev–Trinajstić information content (AvgIpc) is 2.44. The van der Waals surface area contributed by atoms with Gasteiger partial charge in [0.1, 0.15) is 5.75 Å². The molecule has 5 nitrogen and oxygen atoms in total. The fourth-order valence-electron chi connectivity index (χ4n) is 2.28. The van der Waals surface area contributed by atoms with Crippen LogP contribution in [-0.4, -0.2) is 31.5 Å². The average molecular weight is 376 g/mol. The van der Waals surface area contributed by atoms with Crippen LogP contribution < -0.4 is 4.18 Å². The van der Waals surface area contributed by atoms with E-state index in [2.05, 4.69) is 0 Å². The van der Waals surface area contributed by atoms with Gasteiger partial charge in [0.15, 0.2) is 0 Å². The lowest BCUT2D eigenvalue weighted by Crippen LogP contribution is -2.38. The van der Waals surface area contributed by atoms with Crippen molar-refractivity contribution in [1.29, 1.82) is 0 Å². The second-order valence-electron chi connectivity index (χ2n) is 6.42. The highest BCUT2D eigenvalue weighted by molar-refractivity contribution is 7.86. The monoisotopic (exact) mass is 375 g/mol. The summed E-state index contributed by atoms with van der Waals surface area (Å²) in [7, 11) is -3.66. The Hall–Kier alpha value is -1.27. The van der Waals surface area contributed by atoms with Gasteiger partial charge in [-0.1, -0.05) is 32.4 Å². The first-order chi connectivity index (χ1) is 11.0. The van der Waals surface area contributed by atoms with Crippen LogP contribution in [0, 0.1) is 5.92 Å². The van der Waals surface area contributed by atoms with E-state index in [0.717, 1.165) is 12.7 Å². The first-order valence-electron chi connectivity index (χ1n) is 8.00. The first kappa shape index (κ1) is 20.8. The summed E-state index contributed by atoms with van der Waals surface area (Å²) in [4.78, 5) is 14.3. The first-order valence-corrected chi connectivity index (χ1v) is 10.2. The van der Waals surface area contributed by atoms with Gasteiger partial charge < -0.3 is 9.08 Å². The Morgan fingerprint density at radius 3 is 2.42 bits per heavy atom. The van der Waals surface area contributed by atoms with Gasteiger partial charge in [0.25, 0.3) is 0 Å². The van der Waals surface area contributed by atoms with Gasteiger partial charge in [-0.2, -0.15) is 8.42 Å². The zero-order chi connectivity index (χ0) is 18.5. The molecule has 0 heterocycles. The summed E-state index contributed by atoms with van der Waals surface area (Å²) in [6, 6.07) is 4.75. The molecule has 0 spiro atoms. The second kappa shape index (κ2) is 8.72.